The molecule has 1 heterocycles. The molecule has 1 atom stereocenters. The number of rotatable bonds is 5. The van der Waals surface area contributed by atoms with Crippen molar-refractivity contribution in [3.63, 3.8) is 0 Å². The van der Waals surface area contributed by atoms with E-state index in [-0.39, 0.29) is 23.5 Å². The SMILES string of the molecule is CCc1ccc(C(C)CC(=O)ON2C(=O)c3ccccc3C2=O)cc1. The summed E-state index contributed by atoms with van der Waals surface area (Å²) in [6.45, 7) is 3.99. The smallest absolute Gasteiger partial charge is 0.330 e. The maximum absolute atomic E-state index is 12.2. The van der Waals surface area contributed by atoms with Crippen molar-refractivity contribution in [3.05, 3.63) is 70.8 Å². The zero-order chi connectivity index (χ0) is 18.0. The molecule has 0 bridgehead atoms. The molecule has 3 rings (SSSR count). The lowest BCUT2D eigenvalue weighted by molar-refractivity contribution is -0.168. The van der Waals surface area contributed by atoms with Crippen LogP contribution in [0.3, 0.4) is 0 Å². The van der Waals surface area contributed by atoms with Crippen molar-refractivity contribution < 1.29 is 19.2 Å². The van der Waals surface area contributed by atoms with E-state index in [4.69, 9.17) is 4.84 Å². The average Bonchev–Trinajstić information content (AvgIpc) is 2.87. The van der Waals surface area contributed by atoms with E-state index < -0.39 is 17.8 Å². The molecule has 0 saturated carbocycles. The minimum absolute atomic E-state index is 0.0754. The van der Waals surface area contributed by atoms with Crippen LogP contribution in [0, 0.1) is 0 Å². The molecular formula is C20H19NO4. The number of nitrogens with zero attached hydrogens (tertiary/aromatic N) is 1. The van der Waals surface area contributed by atoms with Crippen LogP contribution in [0.25, 0.3) is 0 Å². The highest BCUT2D eigenvalue weighted by molar-refractivity contribution is 6.20. The van der Waals surface area contributed by atoms with Crippen LogP contribution in [-0.2, 0) is 16.1 Å². The molecule has 2 aromatic carbocycles. The summed E-state index contributed by atoms with van der Waals surface area (Å²) in [6, 6.07) is 14.4. The molecule has 0 aliphatic carbocycles. The Morgan fingerprint density at radius 3 is 2.08 bits per heavy atom. The number of carbonyl (C=O) groups is 3. The van der Waals surface area contributed by atoms with Gasteiger partial charge in [-0.25, -0.2) is 4.79 Å². The third kappa shape index (κ3) is 3.31. The van der Waals surface area contributed by atoms with Crippen molar-refractivity contribution in [2.24, 2.45) is 0 Å². The number of benzene rings is 2. The highest BCUT2D eigenvalue weighted by atomic mass is 16.7. The van der Waals surface area contributed by atoms with Gasteiger partial charge in [-0.2, -0.15) is 0 Å². The molecule has 25 heavy (non-hydrogen) atoms. The monoisotopic (exact) mass is 337 g/mol. The molecule has 5 nitrogen and oxygen atoms in total. The second kappa shape index (κ2) is 6.89. The van der Waals surface area contributed by atoms with Crippen LogP contribution in [0.1, 0.15) is 58.0 Å². The third-order valence-electron chi connectivity index (χ3n) is 4.38. The molecular weight excluding hydrogens is 318 g/mol. The molecule has 2 aromatic rings. The fourth-order valence-electron chi connectivity index (χ4n) is 2.84. The van der Waals surface area contributed by atoms with Gasteiger partial charge in [-0.1, -0.05) is 55.3 Å². The quantitative estimate of drug-likeness (QED) is 0.784. The van der Waals surface area contributed by atoms with Gasteiger partial charge in [0.05, 0.1) is 17.5 Å². The number of aryl methyl sites for hydroxylation is 1. The van der Waals surface area contributed by atoms with Crippen LogP contribution in [0.5, 0.6) is 0 Å². The summed E-state index contributed by atoms with van der Waals surface area (Å²) in [5.74, 6) is -1.89. The van der Waals surface area contributed by atoms with E-state index in [1.165, 1.54) is 5.56 Å². The molecule has 1 aliphatic heterocycles. The first kappa shape index (κ1) is 16.9. The molecule has 0 fully saturated rings. The fraction of sp³-hybridized carbons (Fsp3) is 0.250. The van der Waals surface area contributed by atoms with Crippen LogP contribution in [-0.4, -0.2) is 22.8 Å². The Morgan fingerprint density at radius 1 is 1.00 bits per heavy atom. The summed E-state index contributed by atoms with van der Waals surface area (Å²) in [5, 5.41) is 0.555. The Hall–Kier alpha value is -2.95. The van der Waals surface area contributed by atoms with Crippen LogP contribution in [0.2, 0.25) is 0 Å². The van der Waals surface area contributed by atoms with Crippen LogP contribution >= 0.6 is 0 Å². The number of carbonyl (C=O) groups excluding carboxylic acids is 3. The first-order valence-corrected chi connectivity index (χ1v) is 8.28. The molecule has 0 radical (unpaired) electrons. The molecule has 5 heteroatoms. The largest absolute Gasteiger partial charge is 0.333 e. The lowest BCUT2D eigenvalue weighted by Crippen LogP contribution is -2.33. The molecule has 0 spiro atoms. The molecule has 1 aliphatic rings. The van der Waals surface area contributed by atoms with Gasteiger partial charge in [0.1, 0.15) is 0 Å². The van der Waals surface area contributed by atoms with E-state index in [1.54, 1.807) is 24.3 Å². The Kier molecular flexibility index (Phi) is 4.65. The summed E-state index contributed by atoms with van der Waals surface area (Å²) in [4.78, 5) is 41.6. The lowest BCUT2D eigenvalue weighted by Gasteiger charge is -2.15. The highest BCUT2D eigenvalue weighted by Gasteiger charge is 2.38. The average molecular weight is 337 g/mol. The van der Waals surface area contributed by atoms with Gasteiger partial charge in [-0.3, -0.25) is 9.59 Å². The van der Waals surface area contributed by atoms with E-state index in [0.717, 1.165) is 12.0 Å². The van der Waals surface area contributed by atoms with Gasteiger partial charge in [-0.15, -0.1) is 0 Å². The first-order valence-electron chi connectivity index (χ1n) is 8.28. The Labute approximate surface area is 146 Å². The first-order chi connectivity index (χ1) is 12.0. The van der Waals surface area contributed by atoms with Gasteiger partial charge >= 0.3 is 5.97 Å². The van der Waals surface area contributed by atoms with E-state index >= 15 is 0 Å². The minimum Gasteiger partial charge on any atom is -0.330 e. The van der Waals surface area contributed by atoms with Gasteiger partial charge in [0.15, 0.2) is 0 Å². The van der Waals surface area contributed by atoms with Gasteiger partial charge in [-0.05, 0) is 35.6 Å². The zero-order valence-corrected chi connectivity index (χ0v) is 14.2. The zero-order valence-electron chi connectivity index (χ0n) is 14.2. The summed E-state index contributed by atoms with van der Waals surface area (Å²) in [7, 11) is 0. The summed E-state index contributed by atoms with van der Waals surface area (Å²) in [5.41, 5.74) is 2.74. The van der Waals surface area contributed by atoms with Crippen molar-refractivity contribution >= 4 is 17.8 Å². The van der Waals surface area contributed by atoms with Crippen LogP contribution in [0.15, 0.2) is 48.5 Å². The second-order valence-corrected chi connectivity index (χ2v) is 6.11. The summed E-state index contributed by atoms with van der Waals surface area (Å²) in [6.07, 6.45) is 1.04. The van der Waals surface area contributed by atoms with Gasteiger partial charge in [0, 0.05) is 0 Å². The predicted molar refractivity (Wildman–Crippen MR) is 91.9 cm³/mol. The topological polar surface area (TPSA) is 63.7 Å². The second-order valence-electron chi connectivity index (χ2n) is 6.11. The molecule has 1 unspecified atom stereocenters. The summed E-state index contributed by atoms with van der Waals surface area (Å²) >= 11 is 0. The van der Waals surface area contributed by atoms with E-state index in [0.29, 0.717) is 5.06 Å². The molecule has 0 aromatic heterocycles. The number of hydrogen-bond acceptors (Lipinski definition) is 4. The van der Waals surface area contributed by atoms with Crippen molar-refractivity contribution in [1.29, 1.82) is 0 Å². The maximum atomic E-state index is 12.2. The lowest BCUT2D eigenvalue weighted by atomic mass is 9.96. The number of hydroxylamine groups is 2. The van der Waals surface area contributed by atoms with Crippen molar-refractivity contribution in [1.82, 2.24) is 5.06 Å². The molecule has 0 saturated heterocycles. The highest BCUT2D eigenvalue weighted by Crippen LogP contribution is 2.25. The van der Waals surface area contributed by atoms with Crippen molar-refractivity contribution in [2.75, 3.05) is 0 Å². The summed E-state index contributed by atoms with van der Waals surface area (Å²) < 4.78 is 0. The number of hydrogen-bond donors (Lipinski definition) is 0. The van der Waals surface area contributed by atoms with Gasteiger partial charge < -0.3 is 4.84 Å². The Bertz CT molecular complexity index is 791. The third-order valence-corrected chi connectivity index (χ3v) is 4.38. The standard InChI is InChI=1S/C20H19NO4/c1-3-14-8-10-15(11-9-14)13(2)12-18(22)25-21-19(23)16-6-4-5-7-17(16)20(21)24/h4-11,13H,3,12H2,1-2H3. The normalized spacial score (nSPS) is 14.4. The Balaban J connectivity index is 1.65. The van der Waals surface area contributed by atoms with E-state index in [9.17, 15) is 14.4 Å². The van der Waals surface area contributed by atoms with Crippen LogP contribution in [0.4, 0.5) is 0 Å². The van der Waals surface area contributed by atoms with Crippen LogP contribution < -0.4 is 0 Å². The van der Waals surface area contributed by atoms with Crippen molar-refractivity contribution in [2.45, 2.75) is 32.6 Å². The Morgan fingerprint density at radius 2 is 1.56 bits per heavy atom. The molecule has 2 amide bonds. The molecule has 128 valence electrons. The predicted octanol–water partition coefficient (Wildman–Crippen LogP) is 3.50. The number of fused-ring (bicyclic) bond motifs is 1. The molecule has 0 N–H and O–H groups in total. The number of imide groups is 1. The number of amides is 2. The minimum atomic E-state index is -0.610. The van der Waals surface area contributed by atoms with E-state index in [1.807, 2.05) is 31.2 Å². The maximum Gasteiger partial charge on any atom is 0.333 e. The van der Waals surface area contributed by atoms with Crippen molar-refractivity contribution in [3.8, 4) is 0 Å². The van der Waals surface area contributed by atoms with E-state index in [2.05, 4.69) is 6.92 Å². The fourth-order valence-corrected chi connectivity index (χ4v) is 2.84. The van der Waals surface area contributed by atoms with Gasteiger partial charge in [0.2, 0.25) is 0 Å². The van der Waals surface area contributed by atoms with Gasteiger partial charge in [0.25, 0.3) is 11.8 Å².